The predicted octanol–water partition coefficient (Wildman–Crippen LogP) is 17.6. The molecule has 0 aliphatic heterocycles. The van der Waals surface area contributed by atoms with Crippen molar-refractivity contribution in [2.45, 2.75) is 0 Å². The minimum atomic E-state index is 0.330. The molecule has 350 valence electrons. The van der Waals surface area contributed by atoms with Crippen LogP contribution in [-0.4, -0.2) is 18.3 Å². The molecule has 0 amide bonds. The van der Waals surface area contributed by atoms with Crippen LogP contribution in [0, 0.1) is 22.7 Å². The van der Waals surface area contributed by atoms with E-state index < -0.39 is 0 Å². The Morgan fingerprint density at radius 1 is 0.250 bits per heavy atom. The Kier molecular flexibility index (Phi) is 7.99. The summed E-state index contributed by atoms with van der Waals surface area (Å²) in [7, 11) is 0. The van der Waals surface area contributed by atoms with Crippen molar-refractivity contribution in [1.82, 2.24) is 18.3 Å². The molecular weight excluding hydrogens is 933 g/mol. The van der Waals surface area contributed by atoms with E-state index >= 15 is 0 Å². The maximum absolute atomic E-state index is 12.5. The van der Waals surface area contributed by atoms with Crippen LogP contribution in [0.15, 0.2) is 227 Å². The van der Waals surface area contributed by atoms with Crippen LogP contribution in [0.4, 0.5) is 0 Å². The minimum Gasteiger partial charge on any atom is -0.455 e. The summed E-state index contributed by atoms with van der Waals surface area (Å²) in [5.74, 6) is 0. The van der Waals surface area contributed by atoms with Gasteiger partial charge in [0.2, 0.25) is 0 Å². The van der Waals surface area contributed by atoms with Crippen LogP contribution in [0.5, 0.6) is 0 Å². The van der Waals surface area contributed by atoms with Gasteiger partial charge in [-0.15, -0.1) is 0 Å². The first-order valence-corrected chi connectivity index (χ1v) is 25.4. The molecular formula is C68H36N6O2. The molecule has 76 heavy (non-hydrogen) atoms. The fourth-order valence-corrected chi connectivity index (χ4v) is 13.1. The van der Waals surface area contributed by atoms with E-state index in [1.807, 2.05) is 60.7 Å². The zero-order valence-electron chi connectivity index (χ0n) is 40.3. The van der Waals surface area contributed by atoms with Crippen LogP contribution in [0.3, 0.4) is 0 Å². The van der Waals surface area contributed by atoms with Crippen molar-refractivity contribution in [3.63, 3.8) is 0 Å². The summed E-state index contributed by atoms with van der Waals surface area (Å²) in [4.78, 5) is 0. The van der Waals surface area contributed by atoms with E-state index in [1.54, 1.807) is 0 Å². The number of benzene rings is 11. The number of para-hydroxylation sites is 8. The fraction of sp³-hybridized carbons (Fsp3) is 0. The number of fused-ring (bicyclic) bond motifs is 20. The number of hydrogen-bond donors (Lipinski definition) is 0. The number of aromatic nitrogens is 4. The SMILES string of the molecule is N#Cc1c(-n2c3ccccc3c3ccccc32)c(C#N)c(-n2c3ccccc3c3c4oc5ccccc5c4ccc32)c(-n2c3ccccc3c3ccccc32)c1-n1c2ccccc2c2c3oc4ccccc4c3ccc21. The zero-order valence-corrected chi connectivity index (χ0v) is 40.3. The highest BCUT2D eigenvalue weighted by atomic mass is 16.3. The molecule has 17 rings (SSSR count). The first kappa shape index (κ1) is 40.8. The smallest absolute Gasteiger partial charge is 0.145 e. The van der Waals surface area contributed by atoms with E-state index in [0.717, 1.165) is 131 Å². The minimum absolute atomic E-state index is 0.330. The van der Waals surface area contributed by atoms with E-state index in [4.69, 9.17) is 8.83 Å². The summed E-state index contributed by atoms with van der Waals surface area (Å²) in [6.45, 7) is 0. The molecule has 0 bridgehead atoms. The predicted molar refractivity (Wildman–Crippen MR) is 308 cm³/mol. The van der Waals surface area contributed by atoms with Crippen LogP contribution < -0.4 is 0 Å². The highest BCUT2D eigenvalue weighted by Gasteiger charge is 2.35. The normalized spacial score (nSPS) is 12.2. The third kappa shape index (κ3) is 5.09. The van der Waals surface area contributed by atoms with Gasteiger partial charge in [-0.05, 0) is 72.8 Å². The molecule has 0 radical (unpaired) electrons. The molecule has 8 heteroatoms. The highest BCUT2D eigenvalue weighted by Crippen LogP contribution is 2.51. The Hall–Kier alpha value is -10.8. The van der Waals surface area contributed by atoms with Gasteiger partial charge >= 0.3 is 0 Å². The van der Waals surface area contributed by atoms with Crippen molar-refractivity contribution in [2.24, 2.45) is 0 Å². The van der Waals surface area contributed by atoms with Crippen LogP contribution in [0.25, 0.3) is 154 Å². The van der Waals surface area contributed by atoms with Crippen LogP contribution in [-0.2, 0) is 0 Å². The lowest BCUT2D eigenvalue weighted by Gasteiger charge is -2.27. The summed E-state index contributed by atoms with van der Waals surface area (Å²) in [6, 6.07) is 81.0. The molecule has 0 aliphatic rings. The first-order chi connectivity index (χ1) is 37.7. The first-order valence-electron chi connectivity index (χ1n) is 25.4. The van der Waals surface area contributed by atoms with Gasteiger partial charge < -0.3 is 27.1 Å². The topological polar surface area (TPSA) is 93.6 Å². The molecule has 6 aromatic heterocycles. The molecule has 0 unspecified atom stereocenters. The molecule has 0 spiro atoms. The lowest BCUT2D eigenvalue weighted by Crippen LogP contribution is -2.16. The van der Waals surface area contributed by atoms with Gasteiger partial charge in [0.05, 0.1) is 77.7 Å². The molecule has 17 aromatic rings. The van der Waals surface area contributed by atoms with Crippen LogP contribution in [0.1, 0.15) is 11.1 Å². The Balaban J connectivity index is 1.19. The Bertz CT molecular complexity index is 5190. The van der Waals surface area contributed by atoms with Gasteiger partial charge in [0.25, 0.3) is 0 Å². The highest BCUT2D eigenvalue weighted by molar-refractivity contribution is 6.26. The second kappa shape index (κ2) is 14.9. The van der Waals surface area contributed by atoms with Crippen LogP contribution >= 0.6 is 0 Å². The van der Waals surface area contributed by atoms with E-state index in [1.165, 1.54) is 0 Å². The molecule has 0 fully saturated rings. The summed E-state index contributed by atoms with van der Waals surface area (Å²) in [6.07, 6.45) is 0. The maximum Gasteiger partial charge on any atom is 0.145 e. The second-order valence-corrected chi connectivity index (χ2v) is 19.7. The Labute approximate surface area is 431 Å². The quantitative estimate of drug-likeness (QED) is 0.176. The van der Waals surface area contributed by atoms with Crippen molar-refractivity contribution in [3.05, 3.63) is 230 Å². The molecule has 0 atom stereocenters. The van der Waals surface area contributed by atoms with Gasteiger partial charge in [-0.2, -0.15) is 10.5 Å². The van der Waals surface area contributed by atoms with E-state index in [9.17, 15) is 10.5 Å². The number of rotatable bonds is 4. The molecule has 0 aliphatic carbocycles. The summed E-state index contributed by atoms with van der Waals surface area (Å²) in [5, 5.41) is 37.0. The molecule has 0 saturated heterocycles. The second-order valence-electron chi connectivity index (χ2n) is 19.7. The third-order valence-electron chi connectivity index (χ3n) is 16.0. The molecule has 8 nitrogen and oxygen atoms in total. The summed E-state index contributed by atoms with van der Waals surface area (Å²) >= 11 is 0. The van der Waals surface area contributed by atoms with Crippen molar-refractivity contribution in [2.75, 3.05) is 0 Å². The molecule has 11 aromatic carbocycles. The largest absolute Gasteiger partial charge is 0.455 e. The van der Waals surface area contributed by atoms with Gasteiger partial charge in [-0.25, -0.2) is 0 Å². The lowest BCUT2D eigenvalue weighted by molar-refractivity contribution is 0.672. The van der Waals surface area contributed by atoms with Gasteiger partial charge in [0, 0.05) is 53.9 Å². The van der Waals surface area contributed by atoms with Crippen LogP contribution in [0.2, 0.25) is 0 Å². The molecule has 0 N–H and O–H groups in total. The number of furan rings is 2. The van der Waals surface area contributed by atoms with Crippen molar-refractivity contribution >= 4 is 131 Å². The molecule has 6 heterocycles. The Morgan fingerprint density at radius 3 is 0.908 bits per heavy atom. The van der Waals surface area contributed by atoms with Gasteiger partial charge in [-0.1, -0.05) is 146 Å². The summed E-state index contributed by atoms with van der Waals surface area (Å²) < 4.78 is 22.8. The number of nitrogens with zero attached hydrogens (tertiary/aromatic N) is 6. The third-order valence-corrected chi connectivity index (χ3v) is 16.0. The lowest BCUT2D eigenvalue weighted by atomic mass is 9.98. The van der Waals surface area contributed by atoms with Crippen molar-refractivity contribution in [1.29, 1.82) is 10.5 Å². The fourth-order valence-electron chi connectivity index (χ4n) is 13.1. The average Bonchev–Trinajstić information content (AvgIpc) is 4.43. The zero-order chi connectivity index (χ0) is 49.9. The monoisotopic (exact) mass is 968 g/mol. The van der Waals surface area contributed by atoms with Gasteiger partial charge in [0.15, 0.2) is 0 Å². The van der Waals surface area contributed by atoms with Gasteiger partial charge in [0.1, 0.15) is 45.6 Å². The molecule has 0 saturated carbocycles. The van der Waals surface area contributed by atoms with E-state index in [-0.39, 0.29) is 0 Å². The standard InChI is InChI=1S/C68H36N6O2/c69-37-49-63(71-51-25-9-1-17-39(51)40-18-2-10-26-52(40)71)50(38-70)65(74-56-30-14-6-24-48(56)62-58(74)36-34-46-44-22-8-16-32-60(44)76-68(46)62)66(72-53-27-11-3-19-41(53)42-20-4-12-28-54(42)72)64(49)73-55-29-13-5-23-47(55)61-57(73)35-33-45-43-21-7-15-31-59(43)75-67(45)61/h1-36H. The number of nitriles is 2. The van der Waals surface area contributed by atoms with Crippen molar-refractivity contribution in [3.8, 4) is 34.9 Å². The average molecular weight is 969 g/mol. The van der Waals surface area contributed by atoms with Gasteiger partial charge in [-0.3, -0.25) is 0 Å². The number of hydrogen-bond acceptors (Lipinski definition) is 4. The summed E-state index contributed by atoms with van der Waals surface area (Å²) in [5.41, 5.74) is 13.2. The Morgan fingerprint density at radius 2 is 0.539 bits per heavy atom. The maximum atomic E-state index is 12.5. The van der Waals surface area contributed by atoms with Crippen molar-refractivity contribution < 1.29 is 8.83 Å². The van der Waals surface area contributed by atoms with E-state index in [0.29, 0.717) is 33.9 Å². The van der Waals surface area contributed by atoms with E-state index in [2.05, 4.69) is 188 Å².